The third kappa shape index (κ3) is 3.79. The number of hydrogen-bond donors (Lipinski definition) is 3. The zero-order valence-electron chi connectivity index (χ0n) is 11.4. The zero-order valence-corrected chi connectivity index (χ0v) is 12.2. The molecular weight excluding hydrogens is 252 g/mol. The Bertz CT molecular complexity index is 479. The van der Waals surface area contributed by atoms with Crippen LogP contribution in [0.3, 0.4) is 0 Å². The summed E-state index contributed by atoms with van der Waals surface area (Å²) in [6.45, 7) is 6.24. The van der Waals surface area contributed by atoms with Gasteiger partial charge < -0.3 is 5.32 Å². The van der Waals surface area contributed by atoms with Crippen molar-refractivity contribution < 1.29 is 8.42 Å². The number of nitrogens with one attached hydrogen (secondary N) is 3. The van der Waals surface area contributed by atoms with E-state index in [1.807, 2.05) is 20.8 Å². The molecule has 0 amide bonds. The van der Waals surface area contributed by atoms with Crippen LogP contribution in [-0.4, -0.2) is 31.2 Å². The molecule has 0 atom stereocenters. The van der Waals surface area contributed by atoms with Crippen LogP contribution in [0.15, 0.2) is 11.2 Å². The van der Waals surface area contributed by atoms with Gasteiger partial charge in [-0.05, 0) is 27.3 Å². The molecule has 7 heteroatoms. The molecule has 1 aromatic heterocycles. The lowest BCUT2D eigenvalue weighted by molar-refractivity contribution is 0.416. The number of sulfonamides is 1. The molecule has 0 bridgehead atoms. The molecule has 1 aromatic rings. The van der Waals surface area contributed by atoms with Crippen molar-refractivity contribution in [2.45, 2.75) is 50.7 Å². The largest absolute Gasteiger partial charge is 0.316 e. The average molecular weight is 274 g/mol. The van der Waals surface area contributed by atoms with Gasteiger partial charge in [0.05, 0.1) is 6.20 Å². The van der Waals surface area contributed by atoms with Crippen molar-refractivity contribution in [2.75, 3.05) is 7.05 Å². The Morgan fingerprint density at radius 2 is 2.11 bits per heavy atom. The topological polar surface area (TPSA) is 86.9 Å². The molecule has 0 aliphatic rings. The second-order valence-electron chi connectivity index (χ2n) is 4.99. The quantitative estimate of drug-likeness (QED) is 0.692. The summed E-state index contributed by atoms with van der Waals surface area (Å²) in [6.07, 6.45) is 3.22. The first kappa shape index (κ1) is 15.1. The third-order valence-corrected chi connectivity index (χ3v) is 4.31. The monoisotopic (exact) mass is 274 g/mol. The maximum Gasteiger partial charge on any atom is 0.258 e. The molecule has 1 rings (SSSR count). The molecule has 6 nitrogen and oxygen atoms in total. The lowest BCUT2D eigenvalue weighted by atomic mass is 10.0. The lowest BCUT2D eigenvalue weighted by Gasteiger charge is -2.25. The highest BCUT2D eigenvalue weighted by Gasteiger charge is 2.28. The molecular formula is C11H22N4O2S. The van der Waals surface area contributed by atoms with Gasteiger partial charge in [-0.2, -0.15) is 5.10 Å². The molecule has 0 unspecified atom stereocenters. The van der Waals surface area contributed by atoms with Crippen molar-refractivity contribution in [3.63, 3.8) is 0 Å². The fraction of sp³-hybridized carbons (Fsp3) is 0.727. The first-order valence-electron chi connectivity index (χ1n) is 6.03. The van der Waals surface area contributed by atoms with Gasteiger partial charge in [0.15, 0.2) is 5.03 Å². The van der Waals surface area contributed by atoms with E-state index in [9.17, 15) is 8.42 Å². The number of aromatic amines is 1. The first-order valence-corrected chi connectivity index (χ1v) is 7.51. The van der Waals surface area contributed by atoms with Gasteiger partial charge in [-0.15, -0.1) is 0 Å². The van der Waals surface area contributed by atoms with E-state index >= 15 is 0 Å². The van der Waals surface area contributed by atoms with Crippen LogP contribution in [0.1, 0.15) is 39.2 Å². The smallest absolute Gasteiger partial charge is 0.258 e. The molecule has 0 saturated carbocycles. The van der Waals surface area contributed by atoms with E-state index in [2.05, 4.69) is 20.2 Å². The number of nitrogens with zero attached hydrogens (tertiary/aromatic N) is 1. The Balaban J connectivity index is 2.96. The van der Waals surface area contributed by atoms with Crippen LogP contribution in [-0.2, 0) is 16.6 Å². The van der Waals surface area contributed by atoms with E-state index in [0.29, 0.717) is 12.1 Å². The van der Waals surface area contributed by atoms with Crippen LogP contribution >= 0.6 is 0 Å². The van der Waals surface area contributed by atoms with E-state index in [-0.39, 0.29) is 5.03 Å². The normalized spacial score (nSPS) is 12.9. The van der Waals surface area contributed by atoms with Crippen molar-refractivity contribution in [1.29, 1.82) is 0 Å². The van der Waals surface area contributed by atoms with E-state index in [1.165, 1.54) is 6.20 Å². The van der Waals surface area contributed by atoms with Crippen molar-refractivity contribution in [1.82, 2.24) is 20.2 Å². The van der Waals surface area contributed by atoms with Gasteiger partial charge in [0.25, 0.3) is 10.0 Å². The summed E-state index contributed by atoms with van der Waals surface area (Å²) in [4.78, 5) is 0. The van der Waals surface area contributed by atoms with Gasteiger partial charge in [-0.25, -0.2) is 13.1 Å². The van der Waals surface area contributed by atoms with Crippen LogP contribution in [0.2, 0.25) is 0 Å². The van der Waals surface area contributed by atoms with Gasteiger partial charge >= 0.3 is 0 Å². The highest BCUT2D eigenvalue weighted by atomic mass is 32.2. The summed E-state index contributed by atoms with van der Waals surface area (Å²) in [7, 11) is -1.80. The Hall–Kier alpha value is -0.920. The van der Waals surface area contributed by atoms with Gasteiger partial charge in [-0.3, -0.25) is 5.10 Å². The van der Waals surface area contributed by atoms with Crippen molar-refractivity contribution >= 4 is 10.0 Å². The minimum atomic E-state index is -3.56. The maximum atomic E-state index is 12.3. The number of rotatable bonds is 7. The fourth-order valence-electron chi connectivity index (χ4n) is 1.94. The second-order valence-corrected chi connectivity index (χ2v) is 6.61. The molecule has 1 heterocycles. The molecule has 0 aromatic carbocycles. The van der Waals surface area contributed by atoms with Gasteiger partial charge in [0.2, 0.25) is 0 Å². The standard InChI is InChI=1S/C11H22N4O2S/c1-5-6-11(2,3)15-18(16,17)10-9(7-12-4)8-13-14-10/h8,12,15H,5-7H2,1-4H3,(H,13,14). The molecule has 18 heavy (non-hydrogen) atoms. The van der Waals surface area contributed by atoms with E-state index in [1.54, 1.807) is 7.05 Å². The first-order chi connectivity index (χ1) is 8.32. The van der Waals surface area contributed by atoms with Crippen molar-refractivity contribution in [3.05, 3.63) is 11.8 Å². The summed E-state index contributed by atoms with van der Waals surface area (Å²) in [5.41, 5.74) is 0.174. The molecule has 0 aliphatic heterocycles. The minimum Gasteiger partial charge on any atom is -0.316 e. The minimum absolute atomic E-state index is 0.140. The summed E-state index contributed by atoms with van der Waals surface area (Å²) in [5.74, 6) is 0. The van der Waals surface area contributed by atoms with Gasteiger partial charge in [0, 0.05) is 17.6 Å². The predicted molar refractivity (Wildman–Crippen MR) is 70.7 cm³/mol. The van der Waals surface area contributed by atoms with Gasteiger partial charge in [-0.1, -0.05) is 13.3 Å². The summed E-state index contributed by atoms with van der Waals surface area (Å²) in [6, 6.07) is 0. The maximum absolute atomic E-state index is 12.3. The van der Waals surface area contributed by atoms with Crippen LogP contribution in [0.25, 0.3) is 0 Å². The molecule has 104 valence electrons. The molecule has 0 radical (unpaired) electrons. The predicted octanol–water partition coefficient (Wildman–Crippen LogP) is 0.986. The number of H-pyrrole nitrogens is 1. The molecule has 0 spiro atoms. The second kappa shape index (κ2) is 5.81. The molecule has 3 N–H and O–H groups in total. The Morgan fingerprint density at radius 3 is 2.67 bits per heavy atom. The molecule has 0 fully saturated rings. The SMILES string of the molecule is CCCC(C)(C)NS(=O)(=O)c1[nH]ncc1CNC. The molecule has 0 aliphatic carbocycles. The fourth-order valence-corrected chi connectivity index (χ4v) is 3.51. The van der Waals surface area contributed by atoms with E-state index in [4.69, 9.17) is 0 Å². The zero-order chi connectivity index (χ0) is 13.8. The lowest BCUT2D eigenvalue weighted by Crippen LogP contribution is -2.43. The highest BCUT2D eigenvalue weighted by Crippen LogP contribution is 2.18. The van der Waals surface area contributed by atoms with Crippen LogP contribution in [0, 0.1) is 0 Å². The van der Waals surface area contributed by atoms with Crippen LogP contribution < -0.4 is 10.0 Å². The van der Waals surface area contributed by atoms with Crippen LogP contribution in [0.4, 0.5) is 0 Å². The van der Waals surface area contributed by atoms with E-state index in [0.717, 1.165) is 12.8 Å². The summed E-state index contributed by atoms with van der Waals surface area (Å²) < 4.78 is 27.2. The Kier molecular flexibility index (Phi) is 4.89. The average Bonchev–Trinajstić information content (AvgIpc) is 2.65. The van der Waals surface area contributed by atoms with E-state index < -0.39 is 15.6 Å². The van der Waals surface area contributed by atoms with Crippen molar-refractivity contribution in [2.24, 2.45) is 0 Å². The Labute approximate surface area is 109 Å². The Morgan fingerprint density at radius 1 is 1.44 bits per heavy atom. The third-order valence-electron chi connectivity index (χ3n) is 2.60. The van der Waals surface area contributed by atoms with Crippen LogP contribution in [0.5, 0.6) is 0 Å². The number of aromatic nitrogens is 2. The summed E-state index contributed by atoms with van der Waals surface area (Å²) in [5, 5.41) is 9.41. The van der Waals surface area contributed by atoms with Crippen molar-refractivity contribution in [3.8, 4) is 0 Å². The highest BCUT2D eigenvalue weighted by molar-refractivity contribution is 7.89. The number of hydrogen-bond acceptors (Lipinski definition) is 4. The molecule has 0 saturated heterocycles. The summed E-state index contributed by atoms with van der Waals surface area (Å²) >= 11 is 0. The van der Waals surface area contributed by atoms with Gasteiger partial charge in [0.1, 0.15) is 0 Å².